The smallest absolute Gasteiger partial charge is 0.255 e. The number of anilines is 1. The van der Waals surface area contributed by atoms with Gasteiger partial charge in [0.05, 0.1) is 11.4 Å². The van der Waals surface area contributed by atoms with Gasteiger partial charge in [0.2, 0.25) is 5.56 Å². The number of nitrogens with one attached hydrogen (secondary N) is 1. The first-order valence-electron chi connectivity index (χ1n) is 11.2. The van der Waals surface area contributed by atoms with Crippen LogP contribution in [0.25, 0.3) is 5.65 Å². The van der Waals surface area contributed by atoms with E-state index in [1.807, 2.05) is 18.3 Å². The Kier molecular flexibility index (Phi) is 5.73. The van der Waals surface area contributed by atoms with Crippen molar-refractivity contribution >= 4 is 17.2 Å². The molecule has 1 saturated carbocycles. The third-order valence-electron chi connectivity index (χ3n) is 6.25. The third-order valence-corrected chi connectivity index (χ3v) is 6.25. The molecule has 0 spiro atoms. The van der Waals surface area contributed by atoms with Gasteiger partial charge in [0.25, 0.3) is 5.91 Å². The van der Waals surface area contributed by atoms with E-state index in [4.69, 9.17) is 4.98 Å². The molecule has 3 aromatic rings. The molecule has 6 heteroatoms. The fourth-order valence-electron chi connectivity index (χ4n) is 4.57. The van der Waals surface area contributed by atoms with Crippen LogP contribution in [0.4, 0.5) is 5.69 Å². The lowest BCUT2D eigenvalue weighted by atomic mass is 9.83. The van der Waals surface area contributed by atoms with E-state index in [-0.39, 0.29) is 16.9 Å². The summed E-state index contributed by atoms with van der Waals surface area (Å²) in [7, 11) is 1.66. The summed E-state index contributed by atoms with van der Waals surface area (Å²) >= 11 is 0. The van der Waals surface area contributed by atoms with Gasteiger partial charge in [-0.05, 0) is 30.5 Å². The fourth-order valence-corrected chi connectivity index (χ4v) is 4.57. The molecule has 164 valence electrons. The molecule has 3 aromatic heterocycles. The second-order valence-corrected chi connectivity index (χ2v) is 9.83. The van der Waals surface area contributed by atoms with Crippen molar-refractivity contribution < 1.29 is 4.79 Å². The second-order valence-electron chi connectivity index (χ2n) is 9.83. The molecule has 1 amide bonds. The summed E-state index contributed by atoms with van der Waals surface area (Å²) in [5, 5.41) is 2.87. The molecule has 0 bridgehead atoms. The molecule has 0 radical (unpaired) electrons. The average molecular weight is 421 g/mol. The van der Waals surface area contributed by atoms with Crippen LogP contribution in [-0.4, -0.2) is 19.9 Å². The van der Waals surface area contributed by atoms with Crippen molar-refractivity contribution in [2.75, 3.05) is 5.32 Å². The van der Waals surface area contributed by atoms with Gasteiger partial charge in [-0.15, -0.1) is 0 Å². The Morgan fingerprint density at radius 3 is 2.58 bits per heavy atom. The number of rotatable bonds is 4. The normalized spacial score (nSPS) is 15.4. The number of amides is 1. The van der Waals surface area contributed by atoms with Gasteiger partial charge in [-0.2, -0.15) is 0 Å². The minimum absolute atomic E-state index is 0.0622. The number of nitrogens with zero attached hydrogens (tertiary/aromatic N) is 3. The van der Waals surface area contributed by atoms with E-state index in [0.717, 1.165) is 17.8 Å². The lowest BCUT2D eigenvalue weighted by Crippen LogP contribution is -2.18. The van der Waals surface area contributed by atoms with Crippen molar-refractivity contribution in [3.63, 3.8) is 0 Å². The summed E-state index contributed by atoms with van der Waals surface area (Å²) < 4.78 is 3.61. The number of carbonyl (C=O) groups excluding carboxylic acids is 1. The number of fused-ring (bicyclic) bond motifs is 1. The van der Waals surface area contributed by atoms with E-state index in [9.17, 15) is 9.59 Å². The molecule has 1 aliphatic carbocycles. The Morgan fingerprint density at radius 2 is 1.90 bits per heavy atom. The predicted octanol–water partition coefficient (Wildman–Crippen LogP) is 4.71. The van der Waals surface area contributed by atoms with Crippen LogP contribution >= 0.6 is 0 Å². The molecule has 0 aliphatic heterocycles. The Balaban J connectivity index is 1.65. The standard InChI is InChI=1S/C25H32N4O2/c1-25(2,3)23-20(14-17-8-6-5-7-9-17)29-13-12-18(15-21(29)27-23)24(31)26-19-10-11-22(30)28(4)16-19/h10-13,15-17H,5-9,14H2,1-4H3,(H,26,31). The van der Waals surface area contributed by atoms with E-state index < -0.39 is 0 Å². The number of hydrogen-bond acceptors (Lipinski definition) is 3. The third kappa shape index (κ3) is 4.58. The maximum Gasteiger partial charge on any atom is 0.255 e. The van der Waals surface area contributed by atoms with Crippen LogP contribution in [0.15, 0.2) is 41.5 Å². The first kappa shape index (κ1) is 21.3. The van der Waals surface area contributed by atoms with Gasteiger partial charge in [-0.3, -0.25) is 9.59 Å². The highest BCUT2D eigenvalue weighted by molar-refractivity contribution is 6.04. The highest BCUT2D eigenvalue weighted by atomic mass is 16.1. The van der Waals surface area contributed by atoms with Gasteiger partial charge in [0, 0.05) is 42.2 Å². The quantitative estimate of drug-likeness (QED) is 0.665. The van der Waals surface area contributed by atoms with E-state index in [1.165, 1.54) is 48.4 Å². The summed E-state index contributed by atoms with van der Waals surface area (Å²) in [6.45, 7) is 6.60. The van der Waals surface area contributed by atoms with Gasteiger partial charge >= 0.3 is 0 Å². The van der Waals surface area contributed by atoms with Gasteiger partial charge in [-0.1, -0.05) is 52.9 Å². The minimum atomic E-state index is -0.213. The number of hydrogen-bond donors (Lipinski definition) is 1. The molecule has 6 nitrogen and oxygen atoms in total. The zero-order chi connectivity index (χ0) is 22.2. The number of aromatic nitrogens is 3. The minimum Gasteiger partial charge on any atom is -0.321 e. The molecule has 0 aromatic carbocycles. The summed E-state index contributed by atoms with van der Waals surface area (Å²) in [5.74, 6) is 0.498. The maximum absolute atomic E-state index is 12.8. The van der Waals surface area contributed by atoms with E-state index >= 15 is 0 Å². The summed E-state index contributed by atoms with van der Waals surface area (Å²) in [6.07, 6.45) is 11.2. The highest BCUT2D eigenvalue weighted by Crippen LogP contribution is 2.32. The van der Waals surface area contributed by atoms with E-state index in [2.05, 4.69) is 30.5 Å². The number of pyridine rings is 2. The lowest BCUT2D eigenvalue weighted by Gasteiger charge is -2.24. The van der Waals surface area contributed by atoms with Crippen molar-refractivity contribution in [3.05, 3.63) is 64.0 Å². The molecular formula is C25H32N4O2. The first-order chi connectivity index (χ1) is 14.7. The number of aryl methyl sites for hydroxylation is 1. The Bertz CT molecular complexity index is 1160. The molecule has 0 unspecified atom stereocenters. The molecule has 4 rings (SSSR count). The number of carbonyl (C=O) groups is 1. The van der Waals surface area contributed by atoms with E-state index in [0.29, 0.717) is 17.2 Å². The van der Waals surface area contributed by atoms with Crippen molar-refractivity contribution in [1.82, 2.24) is 14.0 Å². The SMILES string of the molecule is Cn1cc(NC(=O)c2ccn3c(CC4CCCCC4)c(C(C)(C)C)nc3c2)ccc1=O. The van der Waals surface area contributed by atoms with Gasteiger partial charge < -0.3 is 14.3 Å². The topological polar surface area (TPSA) is 68.4 Å². The van der Waals surface area contributed by atoms with Crippen molar-refractivity contribution in [2.24, 2.45) is 13.0 Å². The molecule has 1 fully saturated rings. The molecule has 0 atom stereocenters. The van der Waals surface area contributed by atoms with Crippen LogP contribution in [0, 0.1) is 5.92 Å². The van der Waals surface area contributed by atoms with Gasteiger partial charge in [0.1, 0.15) is 5.65 Å². The maximum atomic E-state index is 12.8. The molecule has 1 N–H and O–H groups in total. The molecule has 3 heterocycles. The van der Waals surface area contributed by atoms with Crippen LogP contribution in [0.5, 0.6) is 0 Å². The first-order valence-corrected chi connectivity index (χ1v) is 11.2. The van der Waals surface area contributed by atoms with Crippen LogP contribution in [0.1, 0.15) is 74.6 Å². The molecular weight excluding hydrogens is 388 g/mol. The molecule has 1 aliphatic rings. The van der Waals surface area contributed by atoms with Gasteiger partial charge in [-0.25, -0.2) is 4.98 Å². The zero-order valence-corrected chi connectivity index (χ0v) is 18.9. The highest BCUT2D eigenvalue weighted by Gasteiger charge is 2.26. The second kappa shape index (κ2) is 8.33. The van der Waals surface area contributed by atoms with Crippen LogP contribution in [-0.2, 0) is 18.9 Å². The molecule has 31 heavy (non-hydrogen) atoms. The largest absolute Gasteiger partial charge is 0.321 e. The van der Waals surface area contributed by atoms with E-state index in [1.54, 1.807) is 19.3 Å². The predicted molar refractivity (Wildman–Crippen MR) is 124 cm³/mol. The van der Waals surface area contributed by atoms with Crippen LogP contribution < -0.4 is 10.9 Å². The van der Waals surface area contributed by atoms with Crippen molar-refractivity contribution in [3.8, 4) is 0 Å². The van der Waals surface area contributed by atoms with Crippen LogP contribution in [0.2, 0.25) is 0 Å². The van der Waals surface area contributed by atoms with Crippen molar-refractivity contribution in [1.29, 1.82) is 0 Å². The van der Waals surface area contributed by atoms with Gasteiger partial charge in [0.15, 0.2) is 0 Å². The molecule has 0 saturated heterocycles. The van der Waals surface area contributed by atoms with Crippen molar-refractivity contribution in [2.45, 2.75) is 64.7 Å². The summed E-state index contributed by atoms with van der Waals surface area (Å²) in [6, 6.07) is 6.77. The number of imidazole rings is 1. The monoisotopic (exact) mass is 420 g/mol. The lowest BCUT2D eigenvalue weighted by molar-refractivity contribution is 0.102. The zero-order valence-electron chi connectivity index (χ0n) is 18.9. The summed E-state index contributed by atoms with van der Waals surface area (Å²) in [4.78, 5) is 29.4. The fraction of sp³-hybridized carbons (Fsp3) is 0.480. The Hall–Kier alpha value is -2.89. The van der Waals surface area contributed by atoms with Crippen LogP contribution in [0.3, 0.4) is 0 Å². The Labute approximate surface area is 183 Å². The average Bonchev–Trinajstić information content (AvgIpc) is 3.09. The Morgan fingerprint density at radius 1 is 1.16 bits per heavy atom. The summed E-state index contributed by atoms with van der Waals surface area (Å²) in [5.41, 5.74) is 4.17.